The smallest absolute Gasteiger partial charge is 0.164 e. The fraction of sp³-hybridized carbons (Fsp3) is 0.123. The Kier molecular flexibility index (Phi) is 10.5. The first-order chi connectivity index (χ1) is 34.0. The summed E-state index contributed by atoms with van der Waals surface area (Å²) in [5, 5.41) is 5.04. The normalized spacial score (nSPS) is 12.1. The van der Waals surface area contributed by atoms with Crippen molar-refractivity contribution >= 4 is 53.3 Å². The second-order valence-corrected chi connectivity index (χ2v) is 21.5. The van der Waals surface area contributed by atoms with Crippen LogP contribution < -0.4 is 0 Å². The van der Waals surface area contributed by atoms with Crippen molar-refractivity contribution in [1.29, 1.82) is 0 Å². The summed E-state index contributed by atoms with van der Waals surface area (Å²) in [5.41, 5.74) is 15.6. The van der Waals surface area contributed by atoms with Crippen LogP contribution in [0.3, 0.4) is 0 Å². The van der Waals surface area contributed by atoms with E-state index in [1.54, 1.807) is 0 Å². The van der Waals surface area contributed by atoms with Crippen LogP contribution in [0.4, 0.5) is 0 Å². The van der Waals surface area contributed by atoms with Crippen molar-refractivity contribution in [3.63, 3.8) is 0 Å². The standard InChI is InChI=1S/C65H52N4S/c1-64(2,3)47-33-29-42(30-34-47)53-39-46(63-67-61(44-21-12-8-13-22-44)66-62(68-63)45-23-14-9-15-24-45)40-54(43-31-35-48(36-32-43)65(4,5)6)58(53)69-55-28-17-16-25-52(55)57-56(69)38-37-51-50-27-18-26-49(59(50)70-60(51)57)41-19-10-7-11-20-41/h7-40H,1-6H3. The minimum Gasteiger partial charge on any atom is -0.308 e. The van der Waals surface area contributed by atoms with Gasteiger partial charge in [0, 0.05) is 58.8 Å². The molecule has 3 aromatic heterocycles. The lowest BCUT2D eigenvalue weighted by atomic mass is 9.84. The number of para-hydroxylation sites is 1. The van der Waals surface area contributed by atoms with E-state index in [1.165, 1.54) is 53.2 Å². The quantitative estimate of drug-likeness (QED) is 0.160. The van der Waals surface area contributed by atoms with Crippen LogP contribution in [0.1, 0.15) is 52.7 Å². The van der Waals surface area contributed by atoms with E-state index in [0.717, 1.165) is 55.7 Å². The molecule has 5 heteroatoms. The van der Waals surface area contributed by atoms with Crippen molar-refractivity contribution < 1.29 is 0 Å². The molecule has 0 amide bonds. The Hall–Kier alpha value is -7.99. The number of nitrogens with zero attached hydrogens (tertiary/aromatic N) is 4. The molecule has 0 saturated heterocycles. The predicted octanol–water partition coefficient (Wildman–Crippen LogP) is 17.9. The summed E-state index contributed by atoms with van der Waals surface area (Å²) in [7, 11) is 0. The molecule has 0 bridgehead atoms. The first-order valence-corrected chi connectivity index (χ1v) is 25.0. The summed E-state index contributed by atoms with van der Waals surface area (Å²) in [4.78, 5) is 15.7. The molecule has 0 saturated carbocycles. The van der Waals surface area contributed by atoms with Crippen LogP contribution in [-0.4, -0.2) is 19.5 Å². The van der Waals surface area contributed by atoms with Gasteiger partial charge in [0.15, 0.2) is 17.5 Å². The van der Waals surface area contributed by atoms with E-state index in [9.17, 15) is 0 Å². The largest absolute Gasteiger partial charge is 0.308 e. The van der Waals surface area contributed by atoms with Crippen LogP contribution in [-0.2, 0) is 10.8 Å². The van der Waals surface area contributed by atoms with E-state index in [1.807, 2.05) is 47.7 Å². The third kappa shape index (κ3) is 7.58. The maximum atomic E-state index is 5.31. The van der Waals surface area contributed by atoms with Gasteiger partial charge in [-0.2, -0.15) is 0 Å². The average molecular weight is 921 g/mol. The van der Waals surface area contributed by atoms with Crippen molar-refractivity contribution in [2.75, 3.05) is 0 Å². The van der Waals surface area contributed by atoms with Crippen LogP contribution in [0.5, 0.6) is 0 Å². The number of aromatic nitrogens is 4. The van der Waals surface area contributed by atoms with E-state index in [-0.39, 0.29) is 10.8 Å². The van der Waals surface area contributed by atoms with Crippen molar-refractivity contribution in [2.45, 2.75) is 52.4 Å². The van der Waals surface area contributed by atoms with Crippen molar-refractivity contribution in [3.8, 4) is 73.2 Å². The van der Waals surface area contributed by atoms with Gasteiger partial charge in [-0.15, -0.1) is 11.3 Å². The number of hydrogen-bond donors (Lipinski definition) is 0. The Balaban J connectivity index is 1.20. The minimum absolute atomic E-state index is 0.0153. The first-order valence-electron chi connectivity index (χ1n) is 24.2. The summed E-state index contributed by atoms with van der Waals surface area (Å²) in [6, 6.07) is 74.7. The first kappa shape index (κ1) is 43.3. The zero-order valence-electron chi connectivity index (χ0n) is 40.3. The van der Waals surface area contributed by atoms with Crippen LogP contribution >= 0.6 is 11.3 Å². The molecular weight excluding hydrogens is 869 g/mol. The molecule has 70 heavy (non-hydrogen) atoms. The molecule has 12 rings (SSSR count). The van der Waals surface area contributed by atoms with Crippen LogP contribution in [0, 0.1) is 0 Å². The van der Waals surface area contributed by atoms with Gasteiger partial charge in [-0.1, -0.05) is 224 Å². The summed E-state index contributed by atoms with van der Waals surface area (Å²) >= 11 is 1.91. The zero-order valence-corrected chi connectivity index (χ0v) is 41.1. The number of rotatable bonds is 7. The van der Waals surface area contributed by atoms with Gasteiger partial charge in [-0.05, 0) is 68.5 Å². The Morgan fingerprint density at radius 1 is 0.343 bits per heavy atom. The molecule has 0 radical (unpaired) electrons. The van der Waals surface area contributed by atoms with E-state index >= 15 is 0 Å². The van der Waals surface area contributed by atoms with Gasteiger partial charge >= 0.3 is 0 Å². The monoisotopic (exact) mass is 920 g/mol. The highest BCUT2D eigenvalue weighted by Crippen LogP contribution is 2.49. The number of fused-ring (bicyclic) bond motifs is 7. The molecule has 0 aliphatic heterocycles. The van der Waals surface area contributed by atoms with Gasteiger partial charge in [-0.25, -0.2) is 15.0 Å². The van der Waals surface area contributed by atoms with Crippen molar-refractivity contribution in [2.24, 2.45) is 0 Å². The van der Waals surface area contributed by atoms with Gasteiger partial charge in [0.05, 0.1) is 16.7 Å². The molecule has 0 aliphatic carbocycles. The molecule has 9 aromatic carbocycles. The Morgan fingerprint density at radius 3 is 1.31 bits per heavy atom. The molecule has 0 atom stereocenters. The number of benzene rings is 9. The topological polar surface area (TPSA) is 43.6 Å². The maximum Gasteiger partial charge on any atom is 0.164 e. The molecular formula is C65H52N4S. The zero-order chi connectivity index (χ0) is 47.7. The van der Waals surface area contributed by atoms with Gasteiger partial charge < -0.3 is 4.57 Å². The molecule has 0 unspecified atom stereocenters. The van der Waals surface area contributed by atoms with Gasteiger partial charge in [0.1, 0.15) is 0 Å². The number of hydrogen-bond acceptors (Lipinski definition) is 4. The molecule has 4 nitrogen and oxygen atoms in total. The fourth-order valence-corrected chi connectivity index (χ4v) is 11.5. The van der Waals surface area contributed by atoms with Gasteiger partial charge in [0.25, 0.3) is 0 Å². The summed E-state index contributed by atoms with van der Waals surface area (Å²) in [6.45, 7) is 13.7. The maximum absolute atomic E-state index is 5.31. The highest BCUT2D eigenvalue weighted by atomic mass is 32.1. The molecule has 12 aromatic rings. The molecule has 338 valence electrons. The number of thiophene rings is 1. The van der Waals surface area contributed by atoms with Crippen molar-refractivity contribution in [3.05, 3.63) is 217 Å². The Bertz CT molecular complexity index is 3770. The molecule has 3 heterocycles. The molecule has 0 fully saturated rings. The lowest BCUT2D eigenvalue weighted by Crippen LogP contribution is -2.11. The second kappa shape index (κ2) is 16.9. The summed E-state index contributed by atoms with van der Waals surface area (Å²) in [5.74, 6) is 1.87. The summed E-state index contributed by atoms with van der Waals surface area (Å²) < 4.78 is 5.13. The van der Waals surface area contributed by atoms with Gasteiger partial charge in [-0.3, -0.25) is 0 Å². The SMILES string of the molecule is CC(C)(C)c1ccc(-c2cc(-c3nc(-c4ccccc4)nc(-c4ccccc4)n3)cc(-c3ccc(C(C)(C)C)cc3)c2-n2c3ccccc3c3c4sc5c(-c6ccccc6)cccc5c4ccc32)cc1. The van der Waals surface area contributed by atoms with Crippen LogP contribution in [0.2, 0.25) is 0 Å². The lowest BCUT2D eigenvalue weighted by Gasteiger charge is -2.23. The van der Waals surface area contributed by atoms with E-state index < -0.39 is 0 Å². The van der Waals surface area contributed by atoms with E-state index in [2.05, 4.69) is 216 Å². The third-order valence-electron chi connectivity index (χ3n) is 13.8. The fourth-order valence-electron chi connectivity index (χ4n) is 10.1. The van der Waals surface area contributed by atoms with Gasteiger partial charge in [0.2, 0.25) is 0 Å². The third-order valence-corrected chi connectivity index (χ3v) is 15.1. The predicted molar refractivity (Wildman–Crippen MR) is 297 cm³/mol. The lowest BCUT2D eigenvalue weighted by molar-refractivity contribution is 0.590. The molecule has 0 N–H and O–H groups in total. The van der Waals surface area contributed by atoms with E-state index in [4.69, 9.17) is 15.0 Å². The average Bonchev–Trinajstić information content (AvgIpc) is 3.94. The minimum atomic E-state index is -0.0153. The van der Waals surface area contributed by atoms with Crippen molar-refractivity contribution in [1.82, 2.24) is 19.5 Å². The Morgan fingerprint density at radius 2 is 0.786 bits per heavy atom. The van der Waals surface area contributed by atoms with Crippen LogP contribution in [0.15, 0.2) is 206 Å². The second-order valence-electron chi connectivity index (χ2n) is 20.5. The molecule has 0 spiro atoms. The summed E-state index contributed by atoms with van der Waals surface area (Å²) in [6.07, 6.45) is 0. The highest BCUT2D eigenvalue weighted by Gasteiger charge is 2.26. The molecule has 0 aliphatic rings. The van der Waals surface area contributed by atoms with E-state index in [0.29, 0.717) is 17.5 Å². The van der Waals surface area contributed by atoms with Crippen LogP contribution in [0.25, 0.3) is 115 Å². The highest BCUT2D eigenvalue weighted by molar-refractivity contribution is 7.27. The Labute approximate surface area is 413 Å².